The van der Waals surface area contributed by atoms with Gasteiger partial charge in [-0.2, -0.15) is 0 Å². The Morgan fingerprint density at radius 3 is 2.23 bits per heavy atom. The van der Waals surface area contributed by atoms with Gasteiger partial charge in [0.25, 0.3) is 0 Å². The number of rotatable bonds is 3. The number of ketones is 1. The second kappa shape index (κ2) is 4.53. The summed E-state index contributed by atoms with van der Waals surface area (Å²) in [4.78, 5) is 10.6. The zero-order chi connectivity index (χ0) is 10.6. The van der Waals surface area contributed by atoms with Gasteiger partial charge in [-0.05, 0) is 18.4 Å². The van der Waals surface area contributed by atoms with Crippen molar-refractivity contribution < 1.29 is 9.90 Å². The first-order valence-corrected chi connectivity index (χ1v) is 4.37. The standard InChI is InChI=1S/C10H19NO2/c1-7(12)5-6-8(11)9(13)10(2,3)4/h5-6,8-9,13H,11H2,1-4H3/b6-5+/t8-,9+/m0/s1. The minimum absolute atomic E-state index is 0.0587. The minimum atomic E-state index is -0.636. The lowest BCUT2D eigenvalue weighted by atomic mass is 9.85. The van der Waals surface area contributed by atoms with Crippen LogP contribution < -0.4 is 5.73 Å². The van der Waals surface area contributed by atoms with Crippen LogP contribution in [-0.4, -0.2) is 23.0 Å². The summed E-state index contributed by atoms with van der Waals surface area (Å²) in [6.07, 6.45) is 2.29. The molecule has 2 atom stereocenters. The number of carbonyl (C=O) groups is 1. The Balaban J connectivity index is 4.27. The molecule has 0 aromatic heterocycles. The molecule has 0 aliphatic heterocycles. The Hall–Kier alpha value is -0.670. The smallest absolute Gasteiger partial charge is 0.152 e. The monoisotopic (exact) mass is 185 g/mol. The maximum absolute atomic E-state index is 10.6. The molecule has 3 nitrogen and oxygen atoms in total. The van der Waals surface area contributed by atoms with Crippen LogP contribution in [0.2, 0.25) is 0 Å². The molecule has 0 amide bonds. The zero-order valence-electron chi connectivity index (χ0n) is 8.74. The maximum Gasteiger partial charge on any atom is 0.152 e. The normalized spacial score (nSPS) is 17.4. The van der Waals surface area contributed by atoms with E-state index in [4.69, 9.17) is 5.73 Å². The number of carbonyl (C=O) groups excluding carboxylic acids is 1. The van der Waals surface area contributed by atoms with Gasteiger partial charge in [-0.3, -0.25) is 4.79 Å². The van der Waals surface area contributed by atoms with Gasteiger partial charge in [0.15, 0.2) is 5.78 Å². The summed E-state index contributed by atoms with van der Waals surface area (Å²) < 4.78 is 0. The molecule has 0 fully saturated rings. The Bertz CT molecular complexity index is 203. The largest absolute Gasteiger partial charge is 0.391 e. The van der Waals surface area contributed by atoms with Gasteiger partial charge >= 0.3 is 0 Å². The van der Waals surface area contributed by atoms with Gasteiger partial charge in [-0.1, -0.05) is 26.8 Å². The van der Waals surface area contributed by atoms with Crippen molar-refractivity contribution in [2.45, 2.75) is 39.8 Å². The lowest BCUT2D eigenvalue weighted by molar-refractivity contribution is -0.112. The zero-order valence-corrected chi connectivity index (χ0v) is 8.74. The number of hydrogen-bond donors (Lipinski definition) is 2. The van der Waals surface area contributed by atoms with E-state index < -0.39 is 12.1 Å². The highest BCUT2D eigenvalue weighted by Crippen LogP contribution is 2.21. The van der Waals surface area contributed by atoms with Crippen LogP contribution in [0, 0.1) is 5.41 Å². The SMILES string of the molecule is CC(=O)/C=C/[C@H](N)[C@@H](O)C(C)(C)C. The van der Waals surface area contributed by atoms with E-state index in [1.54, 1.807) is 0 Å². The number of hydrogen-bond acceptors (Lipinski definition) is 3. The first kappa shape index (κ1) is 12.3. The highest BCUT2D eigenvalue weighted by atomic mass is 16.3. The molecule has 0 heterocycles. The topological polar surface area (TPSA) is 63.3 Å². The van der Waals surface area contributed by atoms with Gasteiger partial charge in [-0.15, -0.1) is 0 Å². The molecule has 76 valence electrons. The molecule has 3 heteroatoms. The summed E-state index contributed by atoms with van der Waals surface area (Å²) in [5.41, 5.74) is 5.40. The molecule has 0 saturated carbocycles. The molecular weight excluding hydrogens is 166 g/mol. The molecule has 0 saturated heterocycles. The first-order valence-electron chi connectivity index (χ1n) is 4.37. The van der Waals surface area contributed by atoms with Crippen LogP contribution in [0.4, 0.5) is 0 Å². The molecule has 0 bridgehead atoms. The van der Waals surface area contributed by atoms with Gasteiger partial charge < -0.3 is 10.8 Å². The van der Waals surface area contributed by atoms with E-state index in [1.165, 1.54) is 19.1 Å². The lowest BCUT2D eigenvalue weighted by Crippen LogP contribution is -2.42. The number of allylic oxidation sites excluding steroid dienone is 1. The molecule has 0 spiro atoms. The molecule has 0 aliphatic rings. The second-order valence-electron chi connectivity index (χ2n) is 4.36. The van der Waals surface area contributed by atoms with Crippen LogP contribution in [0.3, 0.4) is 0 Å². The first-order chi connectivity index (χ1) is 5.75. The summed E-state index contributed by atoms with van der Waals surface area (Å²) >= 11 is 0. The summed E-state index contributed by atoms with van der Waals surface area (Å²) in [5.74, 6) is -0.0587. The molecule has 0 unspecified atom stereocenters. The maximum atomic E-state index is 10.6. The number of aliphatic hydroxyl groups excluding tert-OH is 1. The fourth-order valence-corrected chi connectivity index (χ4v) is 0.929. The van der Waals surface area contributed by atoms with Gasteiger partial charge in [0, 0.05) is 6.04 Å². The average Bonchev–Trinajstić information content (AvgIpc) is 1.96. The highest BCUT2D eigenvalue weighted by molar-refractivity contribution is 5.87. The van der Waals surface area contributed by atoms with Gasteiger partial charge in [0.1, 0.15) is 0 Å². The summed E-state index contributed by atoms with van der Waals surface area (Å²) in [6, 6.07) is -0.483. The molecule has 0 aromatic carbocycles. The third-order valence-corrected chi connectivity index (χ3v) is 1.81. The van der Waals surface area contributed by atoms with Crippen molar-refractivity contribution in [3.8, 4) is 0 Å². The molecular formula is C10H19NO2. The average molecular weight is 185 g/mol. The Labute approximate surface area is 79.6 Å². The Kier molecular flexibility index (Phi) is 4.30. The molecule has 13 heavy (non-hydrogen) atoms. The van der Waals surface area contributed by atoms with Gasteiger partial charge in [0.2, 0.25) is 0 Å². The third kappa shape index (κ3) is 4.80. The van der Waals surface area contributed by atoms with Crippen LogP contribution in [-0.2, 0) is 4.79 Å². The van der Waals surface area contributed by atoms with E-state index in [0.29, 0.717) is 0 Å². The van der Waals surface area contributed by atoms with Crippen molar-refractivity contribution in [1.29, 1.82) is 0 Å². The van der Waals surface area contributed by atoms with Gasteiger partial charge in [-0.25, -0.2) is 0 Å². The third-order valence-electron chi connectivity index (χ3n) is 1.81. The van der Waals surface area contributed by atoms with E-state index in [0.717, 1.165) is 0 Å². The summed E-state index contributed by atoms with van der Waals surface area (Å²) in [5, 5.41) is 9.68. The van der Waals surface area contributed by atoms with Crippen molar-refractivity contribution in [2.24, 2.45) is 11.1 Å². The molecule has 3 N–H and O–H groups in total. The van der Waals surface area contributed by atoms with Crippen LogP contribution in [0.1, 0.15) is 27.7 Å². The second-order valence-corrected chi connectivity index (χ2v) is 4.36. The number of aliphatic hydroxyl groups is 1. The molecule has 0 aromatic rings. The predicted octanol–water partition coefficient (Wildman–Crippen LogP) is 0.866. The van der Waals surface area contributed by atoms with Crippen molar-refractivity contribution in [3.05, 3.63) is 12.2 Å². The van der Waals surface area contributed by atoms with Crippen molar-refractivity contribution >= 4 is 5.78 Å². The number of nitrogens with two attached hydrogens (primary N) is 1. The fraction of sp³-hybridized carbons (Fsp3) is 0.700. The van der Waals surface area contributed by atoms with Crippen molar-refractivity contribution in [1.82, 2.24) is 0 Å². The predicted molar refractivity (Wildman–Crippen MR) is 53.3 cm³/mol. The van der Waals surface area contributed by atoms with E-state index in [2.05, 4.69) is 0 Å². The Morgan fingerprint density at radius 1 is 1.46 bits per heavy atom. The van der Waals surface area contributed by atoms with Crippen LogP contribution in [0.25, 0.3) is 0 Å². The minimum Gasteiger partial charge on any atom is -0.391 e. The summed E-state index contributed by atoms with van der Waals surface area (Å²) in [7, 11) is 0. The van der Waals surface area contributed by atoms with E-state index in [1.807, 2.05) is 20.8 Å². The van der Waals surface area contributed by atoms with Crippen LogP contribution in [0.5, 0.6) is 0 Å². The molecule has 0 radical (unpaired) electrons. The Morgan fingerprint density at radius 2 is 1.92 bits per heavy atom. The van der Waals surface area contributed by atoms with E-state index in [9.17, 15) is 9.90 Å². The quantitative estimate of drug-likeness (QED) is 0.641. The fourth-order valence-electron chi connectivity index (χ4n) is 0.929. The van der Waals surface area contributed by atoms with Gasteiger partial charge in [0.05, 0.1) is 6.10 Å². The highest BCUT2D eigenvalue weighted by Gasteiger charge is 2.26. The summed E-state index contributed by atoms with van der Waals surface area (Å²) in [6.45, 7) is 7.16. The lowest BCUT2D eigenvalue weighted by Gasteiger charge is -2.29. The van der Waals surface area contributed by atoms with Crippen molar-refractivity contribution in [3.63, 3.8) is 0 Å². The van der Waals surface area contributed by atoms with Crippen LogP contribution in [0.15, 0.2) is 12.2 Å². The van der Waals surface area contributed by atoms with Crippen molar-refractivity contribution in [2.75, 3.05) is 0 Å². The van der Waals surface area contributed by atoms with E-state index in [-0.39, 0.29) is 11.2 Å². The van der Waals surface area contributed by atoms with E-state index >= 15 is 0 Å². The van der Waals surface area contributed by atoms with Crippen LogP contribution >= 0.6 is 0 Å². The molecule has 0 aliphatic carbocycles. The molecule has 0 rings (SSSR count).